The van der Waals surface area contributed by atoms with Crippen LogP contribution in [-0.2, 0) is 0 Å². The number of nitro benzene ring substituents is 1. The predicted octanol–water partition coefficient (Wildman–Crippen LogP) is 4.33. The van der Waals surface area contributed by atoms with Gasteiger partial charge in [-0.15, -0.1) is 0 Å². The number of pyridine rings is 1. The molecule has 0 fully saturated rings. The standard InChI is InChI=1S/C19H16N2O4/c1-24-17-8-4-6-14(19(17)25-2)10-12-15-11-9-13-5-3-7-16(21(22)23)18(13)20-15/h3-12H,1-2H3/b12-10-. The second kappa shape index (κ2) is 7.00. The van der Waals surface area contributed by atoms with Crippen molar-refractivity contribution in [2.45, 2.75) is 0 Å². The normalized spacial score (nSPS) is 11.0. The highest BCUT2D eigenvalue weighted by molar-refractivity contribution is 5.88. The minimum atomic E-state index is -0.423. The lowest BCUT2D eigenvalue weighted by Crippen LogP contribution is -1.93. The van der Waals surface area contributed by atoms with Gasteiger partial charge < -0.3 is 9.47 Å². The third-order valence-electron chi connectivity index (χ3n) is 3.78. The molecule has 25 heavy (non-hydrogen) atoms. The van der Waals surface area contributed by atoms with Crippen LogP contribution in [0.4, 0.5) is 5.69 Å². The first-order chi connectivity index (χ1) is 12.1. The number of ether oxygens (including phenoxy) is 2. The van der Waals surface area contributed by atoms with E-state index in [1.807, 2.05) is 36.4 Å². The Balaban J connectivity index is 2.02. The molecular weight excluding hydrogens is 320 g/mol. The van der Waals surface area contributed by atoms with Crippen molar-refractivity contribution >= 4 is 28.7 Å². The second-order valence-electron chi connectivity index (χ2n) is 5.26. The first-order valence-electron chi connectivity index (χ1n) is 7.57. The van der Waals surface area contributed by atoms with Crippen LogP contribution < -0.4 is 9.47 Å². The van der Waals surface area contributed by atoms with Crippen LogP contribution in [0.5, 0.6) is 11.5 Å². The molecule has 0 aliphatic carbocycles. The van der Waals surface area contributed by atoms with Gasteiger partial charge in [-0.1, -0.05) is 30.3 Å². The van der Waals surface area contributed by atoms with Gasteiger partial charge >= 0.3 is 0 Å². The Morgan fingerprint density at radius 2 is 1.80 bits per heavy atom. The van der Waals surface area contributed by atoms with E-state index in [1.165, 1.54) is 6.07 Å². The summed E-state index contributed by atoms with van der Waals surface area (Å²) < 4.78 is 10.7. The molecule has 0 radical (unpaired) electrons. The molecule has 3 rings (SSSR count). The van der Waals surface area contributed by atoms with Crippen LogP contribution in [0.1, 0.15) is 11.3 Å². The molecule has 0 bridgehead atoms. The fourth-order valence-electron chi connectivity index (χ4n) is 2.61. The van der Waals surface area contributed by atoms with Crippen molar-refractivity contribution in [1.29, 1.82) is 0 Å². The van der Waals surface area contributed by atoms with Gasteiger partial charge in [-0.2, -0.15) is 0 Å². The predicted molar refractivity (Wildman–Crippen MR) is 96.9 cm³/mol. The fraction of sp³-hybridized carbons (Fsp3) is 0.105. The summed E-state index contributed by atoms with van der Waals surface area (Å²) in [6.45, 7) is 0. The quantitative estimate of drug-likeness (QED) is 0.512. The number of hydrogen-bond acceptors (Lipinski definition) is 5. The minimum Gasteiger partial charge on any atom is -0.493 e. The van der Waals surface area contributed by atoms with Gasteiger partial charge in [0.05, 0.1) is 24.8 Å². The average Bonchev–Trinajstić information content (AvgIpc) is 2.64. The van der Waals surface area contributed by atoms with Gasteiger partial charge in [-0.25, -0.2) is 4.98 Å². The Labute approximate surface area is 144 Å². The van der Waals surface area contributed by atoms with E-state index in [0.717, 1.165) is 10.9 Å². The summed E-state index contributed by atoms with van der Waals surface area (Å²) in [4.78, 5) is 15.2. The Morgan fingerprint density at radius 3 is 2.52 bits per heavy atom. The van der Waals surface area contributed by atoms with E-state index in [0.29, 0.717) is 22.7 Å². The van der Waals surface area contributed by atoms with Crippen molar-refractivity contribution in [2.75, 3.05) is 14.2 Å². The molecule has 6 nitrogen and oxygen atoms in total. The number of rotatable bonds is 5. The highest BCUT2D eigenvalue weighted by atomic mass is 16.6. The van der Waals surface area contributed by atoms with Gasteiger partial charge in [0, 0.05) is 17.0 Å². The van der Waals surface area contributed by atoms with Crippen LogP contribution in [0.3, 0.4) is 0 Å². The summed E-state index contributed by atoms with van der Waals surface area (Å²) in [5, 5.41) is 11.9. The zero-order valence-corrected chi connectivity index (χ0v) is 13.8. The summed E-state index contributed by atoms with van der Waals surface area (Å²) in [5.74, 6) is 1.25. The molecule has 0 spiro atoms. The van der Waals surface area contributed by atoms with E-state index < -0.39 is 4.92 Å². The lowest BCUT2D eigenvalue weighted by molar-refractivity contribution is -0.383. The Morgan fingerprint density at radius 1 is 1.00 bits per heavy atom. The van der Waals surface area contributed by atoms with E-state index in [-0.39, 0.29) is 5.69 Å². The number of non-ortho nitro benzene ring substituents is 1. The van der Waals surface area contributed by atoms with Crippen LogP contribution in [0.25, 0.3) is 23.1 Å². The molecule has 0 aliphatic heterocycles. The van der Waals surface area contributed by atoms with Crippen molar-refractivity contribution < 1.29 is 14.4 Å². The first-order valence-corrected chi connectivity index (χ1v) is 7.57. The third-order valence-corrected chi connectivity index (χ3v) is 3.78. The lowest BCUT2D eigenvalue weighted by Gasteiger charge is -2.09. The first kappa shape index (κ1) is 16.4. The molecule has 6 heteroatoms. The number of benzene rings is 2. The van der Waals surface area contributed by atoms with Crippen LogP contribution in [0.15, 0.2) is 48.5 Å². The van der Waals surface area contributed by atoms with Gasteiger partial charge in [-0.05, 0) is 24.3 Å². The summed E-state index contributed by atoms with van der Waals surface area (Å²) in [5.41, 5.74) is 1.80. The number of nitrogens with zero attached hydrogens (tertiary/aromatic N) is 2. The maximum absolute atomic E-state index is 11.2. The Bertz CT molecular complexity index is 967. The lowest BCUT2D eigenvalue weighted by atomic mass is 10.1. The van der Waals surface area contributed by atoms with Gasteiger partial charge in [0.25, 0.3) is 5.69 Å². The topological polar surface area (TPSA) is 74.5 Å². The smallest absolute Gasteiger partial charge is 0.295 e. The number of fused-ring (bicyclic) bond motifs is 1. The van der Waals surface area contributed by atoms with Gasteiger partial charge in [0.2, 0.25) is 0 Å². The molecule has 0 aliphatic rings. The molecule has 0 saturated heterocycles. The van der Waals surface area contributed by atoms with Crippen LogP contribution in [0.2, 0.25) is 0 Å². The molecule has 3 aromatic rings. The fourth-order valence-corrected chi connectivity index (χ4v) is 2.61. The second-order valence-corrected chi connectivity index (χ2v) is 5.26. The molecule has 0 unspecified atom stereocenters. The van der Waals surface area contributed by atoms with Gasteiger partial charge in [0.15, 0.2) is 11.5 Å². The van der Waals surface area contributed by atoms with Crippen molar-refractivity contribution in [3.05, 3.63) is 69.9 Å². The third kappa shape index (κ3) is 3.28. The molecular formula is C19H16N2O4. The van der Waals surface area contributed by atoms with Crippen LogP contribution in [-0.4, -0.2) is 24.1 Å². The van der Waals surface area contributed by atoms with Gasteiger partial charge in [-0.3, -0.25) is 10.1 Å². The van der Waals surface area contributed by atoms with Crippen molar-refractivity contribution in [3.8, 4) is 11.5 Å². The van der Waals surface area contributed by atoms with Crippen molar-refractivity contribution in [2.24, 2.45) is 0 Å². The van der Waals surface area contributed by atoms with Gasteiger partial charge in [0.1, 0.15) is 5.52 Å². The number of hydrogen-bond donors (Lipinski definition) is 0. The number of methoxy groups -OCH3 is 2. The summed E-state index contributed by atoms with van der Waals surface area (Å²) in [6, 6.07) is 14.1. The average molecular weight is 336 g/mol. The monoisotopic (exact) mass is 336 g/mol. The molecule has 126 valence electrons. The SMILES string of the molecule is COc1cccc(/C=C\c2ccc3cccc([N+](=O)[O-])c3n2)c1OC. The summed E-state index contributed by atoms with van der Waals surface area (Å²) in [7, 11) is 3.15. The van der Waals surface area contributed by atoms with E-state index >= 15 is 0 Å². The largest absolute Gasteiger partial charge is 0.493 e. The zero-order valence-electron chi connectivity index (χ0n) is 13.8. The molecule has 0 N–H and O–H groups in total. The zero-order chi connectivity index (χ0) is 17.8. The molecule has 1 aromatic heterocycles. The summed E-state index contributed by atoms with van der Waals surface area (Å²) >= 11 is 0. The molecule has 0 saturated carbocycles. The summed E-state index contributed by atoms with van der Waals surface area (Å²) in [6.07, 6.45) is 3.62. The maximum Gasteiger partial charge on any atom is 0.295 e. The molecule has 2 aromatic carbocycles. The van der Waals surface area contributed by atoms with Crippen molar-refractivity contribution in [1.82, 2.24) is 4.98 Å². The van der Waals surface area contributed by atoms with Crippen molar-refractivity contribution in [3.63, 3.8) is 0 Å². The minimum absolute atomic E-state index is 0.00768. The molecule has 0 atom stereocenters. The van der Waals surface area contributed by atoms with E-state index in [1.54, 1.807) is 32.4 Å². The highest BCUT2D eigenvalue weighted by Gasteiger charge is 2.12. The maximum atomic E-state index is 11.2. The number of nitro groups is 1. The number of aromatic nitrogens is 1. The molecule has 1 heterocycles. The van der Waals surface area contributed by atoms with Crippen LogP contribution in [0, 0.1) is 10.1 Å². The van der Waals surface area contributed by atoms with E-state index in [4.69, 9.17) is 9.47 Å². The Kier molecular flexibility index (Phi) is 4.61. The van der Waals surface area contributed by atoms with Crippen LogP contribution >= 0.6 is 0 Å². The Hall–Kier alpha value is -3.41. The highest BCUT2D eigenvalue weighted by Crippen LogP contribution is 2.32. The van der Waals surface area contributed by atoms with E-state index in [9.17, 15) is 10.1 Å². The number of para-hydroxylation sites is 2. The molecule has 0 amide bonds. The van der Waals surface area contributed by atoms with E-state index in [2.05, 4.69) is 4.98 Å².